The lowest BCUT2D eigenvalue weighted by molar-refractivity contribution is 0.144. The highest BCUT2D eigenvalue weighted by atomic mass is 16.5. The molecule has 0 spiro atoms. The number of carbonyl (C=O) groups excluding carboxylic acids is 1. The number of alkyl carbamates (subject to hydrolysis) is 1. The van der Waals surface area contributed by atoms with Crippen LogP contribution >= 0.6 is 0 Å². The van der Waals surface area contributed by atoms with Gasteiger partial charge in [-0.15, -0.1) is 0 Å². The molecule has 4 heteroatoms. The molecule has 0 fully saturated rings. The van der Waals surface area contributed by atoms with Crippen molar-refractivity contribution >= 4 is 11.8 Å². The maximum absolute atomic E-state index is 12.1. The second-order valence-corrected chi connectivity index (χ2v) is 6.57. The molecule has 0 aromatic heterocycles. The number of rotatable bonds is 3. The Morgan fingerprint density at radius 2 is 1.54 bits per heavy atom. The van der Waals surface area contributed by atoms with Crippen molar-refractivity contribution in [1.82, 2.24) is 5.32 Å². The van der Waals surface area contributed by atoms with E-state index < -0.39 is 6.09 Å². The Morgan fingerprint density at radius 1 is 0.929 bits per heavy atom. The molecule has 3 aromatic rings. The molecule has 1 aliphatic carbocycles. The normalized spacial score (nSPS) is 11.7. The van der Waals surface area contributed by atoms with Crippen LogP contribution in [0.15, 0.2) is 72.8 Å². The molecule has 0 aliphatic heterocycles. The van der Waals surface area contributed by atoms with Crippen molar-refractivity contribution in [2.45, 2.75) is 5.92 Å². The van der Waals surface area contributed by atoms with Crippen LogP contribution in [0.5, 0.6) is 0 Å². The molecule has 1 aliphatic rings. The number of nitrogens with one attached hydrogen (secondary N) is 1. The topological polar surface area (TPSA) is 64.3 Å². The van der Waals surface area contributed by atoms with Gasteiger partial charge < -0.3 is 15.8 Å². The van der Waals surface area contributed by atoms with E-state index in [-0.39, 0.29) is 12.5 Å². The van der Waals surface area contributed by atoms with Crippen LogP contribution < -0.4 is 11.1 Å². The monoisotopic (exact) mass is 368 g/mol. The SMILES string of the molecule is Nc1ccccc1C#CCNC(=O)OCC1c2ccccc2-c2ccccc21. The van der Waals surface area contributed by atoms with Crippen LogP contribution in [0.1, 0.15) is 22.6 Å². The zero-order valence-electron chi connectivity index (χ0n) is 15.3. The molecule has 28 heavy (non-hydrogen) atoms. The summed E-state index contributed by atoms with van der Waals surface area (Å²) >= 11 is 0. The van der Waals surface area contributed by atoms with E-state index in [2.05, 4.69) is 41.4 Å². The number of anilines is 1. The lowest BCUT2D eigenvalue weighted by atomic mass is 9.98. The Labute approximate surface area is 164 Å². The number of para-hydroxylation sites is 1. The van der Waals surface area contributed by atoms with Gasteiger partial charge >= 0.3 is 6.09 Å². The molecule has 4 rings (SSSR count). The Hall–Kier alpha value is -3.71. The van der Waals surface area contributed by atoms with Gasteiger partial charge in [-0.2, -0.15) is 0 Å². The number of nitrogen functional groups attached to an aromatic ring is 1. The van der Waals surface area contributed by atoms with Crippen LogP contribution in [-0.4, -0.2) is 19.2 Å². The Bertz CT molecular complexity index is 1030. The Morgan fingerprint density at radius 3 is 2.21 bits per heavy atom. The highest BCUT2D eigenvalue weighted by Crippen LogP contribution is 2.44. The predicted octanol–water partition coefficient (Wildman–Crippen LogP) is 4.16. The summed E-state index contributed by atoms with van der Waals surface area (Å²) in [6.45, 7) is 0.490. The maximum atomic E-state index is 12.1. The summed E-state index contributed by atoms with van der Waals surface area (Å²) in [7, 11) is 0. The lowest BCUT2D eigenvalue weighted by Crippen LogP contribution is -2.26. The van der Waals surface area contributed by atoms with Gasteiger partial charge in [0.15, 0.2) is 0 Å². The number of hydrogen-bond donors (Lipinski definition) is 2. The minimum atomic E-state index is -0.475. The molecule has 4 nitrogen and oxygen atoms in total. The molecule has 0 saturated heterocycles. The molecule has 0 unspecified atom stereocenters. The first-order valence-electron chi connectivity index (χ1n) is 9.16. The van der Waals surface area contributed by atoms with E-state index in [1.54, 1.807) is 6.07 Å². The van der Waals surface area contributed by atoms with Crippen molar-refractivity contribution in [1.29, 1.82) is 0 Å². The van der Waals surface area contributed by atoms with Crippen molar-refractivity contribution in [2.24, 2.45) is 0 Å². The number of fused-ring (bicyclic) bond motifs is 3. The molecule has 0 atom stereocenters. The summed E-state index contributed by atoms with van der Waals surface area (Å²) in [5.41, 5.74) is 12.0. The molecule has 138 valence electrons. The van der Waals surface area contributed by atoms with Gasteiger partial charge in [0.2, 0.25) is 0 Å². The Balaban J connectivity index is 1.36. The minimum Gasteiger partial charge on any atom is -0.449 e. The molecule has 0 saturated carbocycles. The van der Waals surface area contributed by atoms with Gasteiger partial charge in [-0.05, 0) is 34.4 Å². The summed E-state index contributed by atoms with van der Waals surface area (Å²) in [5.74, 6) is 5.89. The number of carbonyl (C=O) groups is 1. The zero-order chi connectivity index (χ0) is 19.3. The highest BCUT2D eigenvalue weighted by Gasteiger charge is 2.28. The number of ether oxygens (including phenoxy) is 1. The molecular formula is C24H20N2O2. The van der Waals surface area contributed by atoms with Crippen LogP contribution in [0.2, 0.25) is 0 Å². The summed E-state index contributed by atoms with van der Waals surface area (Å²) in [6.07, 6.45) is -0.475. The van der Waals surface area contributed by atoms with E-state index in [9.17, 15) is 4.79 Å². The number of benzene rings is 3. The van der Waals surface area contributed by atoms with Crippen LogP contribution in [-0.2, 0) is 4.74 Å². The smallest absolute Gasteiger partial charge is 0.407 e. The van der Waals surface area contributed by atoms with Crippen molar-refractivity contribution in [2.75, 3.05) is 18.9 Å². The van der Waals surface area contributed by atoms with Gasteiger partial charge in [0, 0.05) is 17.2 Å². The van der Waals surface area contributed by atoms with Gasteiger partial charge in [-0.3, -0.25) is 0 Å². The summed E-state index contributed by atoms with van der Waals surface area (Å²) in [4.78, 5) is 12.1. The fraction of sp³-hybridized carbons (Fsp3) is 0.125. The first kappa shape index (κ1) is 17.7. The average molecular weight is 368 g/mol. The predicted molar refractivity (Wildman–Crippen MR) is 111 cm³/mol. The molecule has 1 amide bonds. The van der Waals surface area contributed by atoms with Crippen LogP contribution in [0.3, 0.4) is 0 Å². The first-order valence-corrected chi connectivity index (χ1v) is 9.16. The maximum Gasteiger partial charge on any atom is 0.407 e. The van der Waals surface area contributed by atoms with Crippen molar-refractivity contribution in [3.63, 3.8) is 0 Å². The Kier molecular flexibility index (Phi) is 4.99. The lowest BCUT2D eigenvalue weighted by Gasteiger charge is -2.14. The molecule has 3 aromatic carbocycles. The second kappa shape index (κ2) is 7.89. The van der Waals surface area contributed by atoms with E-state index >= 15 is 0 Å². The standard InChI is InChI=1S/C24H20N2O2/c25-23-14-6-1-8-17(23)9-7-15-26-24(27)28-16-22-20-12-4-2-10-18(20)19-11-3-5-13-21(19)22/h1-6,8,10-14,22H,15-16,25H2,(H,26,27). The number of hydrogen-bond acceptors (Lipinski definition) is 3. The molecular weight excluding hydrogens is 348 g/mol. The fourth-order valence-corrected chi connectivity index (χ4v) is 3.52. The summed E-state index contributed by atoms with van der Waals surface area (Å²) < 4.78 is 5.47. The molecule has 0 heterocycles. The van der Waals surface area contributed by atoms with Gasteiger partial charge in [-0.25, -0.2) is 4.79 Å². The van der Waals surface area contributed by atoms with Gasteiger partial charge in [0.05, 0.1) is 6.54 Å². The molecule has 0 bridgehead atoms. The minimum absolute atomic E-state index is 0.0494. The zero-order valence-corrected chi connectivity index (χ0v) is 15.3. The van der Waals surface area contributed by atoms with E-state index in [4.69, 9.17) is 10.5 Å². The quantitative estimate of drug-likeness (QED) is 0.539. The van der Waals surface area contributed by atoms with Crippen molar-refractivity contribution in [3.05, 3.63) is 89.5 Å². The first-order chi connectivity index (χ1) is 13.7. The van der Waals surface area contributed by atoms with Crippen LogP contribution in [0.4, 0.5) is 10.5 Å². The van der Waals surface area contributed by atoms with E-state index in [0.29, 0.717) is 12.3 Å². The molecule has 0 radical (unpaired) electrons. The van der Waals surface area contributed by atoms with Crippen LogP contribution in [0, 0.1) is 11.8 Å². The van der Waals surface area contributed by atoms with Crippen molar-refractivity contribution < 1.29 is 9.53 Å². The fourth-order valence-electron chi connectivity index (χ4n) is 3.52. The summed E-state index contributed by atoms with van der Waals surface area (Å²) in [5, 5.41) is 2.67. The number of amides is 1. The third kappa shape index (κ3) is 3.56. The second-order valence-electron chi connectivity index (χ2n) is 6.57. The van der Waals surface area contributed by atoms with Gasteiger partial charge in [0.1, 0.15) is 6.61 Å². The third-order valence-corrected chi connectivity index (χ3v) is 4.85. The van der Waals surface area contributed by atoms with E-state index in [1.807, 2.05) is 42.5 Å². The third-order valence-electron chi connectivity index (χ3n) is 4.85. The van der Waals surface area contributed by atoms with Crippen molar-refractivity contribution in [3.8, 4) is 23.0 Å². The number of nitrogens with two attached hydrogens (primary N) is 1. The van der Waals surface area contributed by atoms with E-state index in [0.717, 1.165) is 5.56 Å². The van der Waals surface area contributed by atoms with Gasteiger partial charge in [-0.1, -0.05) is 72.5 Å². The highest BCUT2D eigenvalue weighted by molar-refractivity contribution is 5.79. The van der Waals surface area contributed by atoms with Crippen LogP contribution in [0.25, 0.3) is 11.1 Å². The summed E-state index contributed by atoms with van der Waals surface area (Å²) in [6, 6.07) is 23.9. The average Bonchev–Trinajstić information content (AvgIpc) is 3.05. The van der Waals surface area contributed by atoms with Gasteiger partial charge in [0.25, 0.3) is 0 Å². The molecule has 3 N–H and O–H groups in total. The van der Waals surface area contributed by atoms with E-state index in [1.165, 1.54) is 22.3 Å². The largest absolute Gasteiger partial charge is 0.449 e.